The fourth-order valence-electron chi connectivity index (χ4n) is 1.77. The van der Waals surface area contributed by atoms with Crippen molar-refractivity contribution in [3.63, 3.8) is 0 Å². The van der Waals surface area contributed by atoms with E-state index in [1.165, 1.54) is 18.4 Å². The van der Waals surface area contributed by atoms with Crippen molar-refractivity contribution in [2.24, 2.45) is 0 Å². The minimum Gasteiger partial charge on any atom is -0.241 e. The fraction of sp³-hybridized carbons (Fsp3) is 0.357. The van der Waals surface area contributed by atoms with Crippen molar-refractivity contribution >= 4 is 10.0 Å². The lowest BCUT2D eigenvalue weighted by Gasteiger charge is -2.11. The largest absolute Gasteiger partial charge is 0.242 e. The van der Waals surface area contributed by atoms with Crippen LogP contribution in [0.3, 0.4) is 0 Å². The van der Waals surface area contributed by atoms with E-state index in [9.17, 15) is 8.42 Å². The normalized spacial score (nSPS) is 12.3. The fourth-order valence-corrected chi connectivity index (χ4v) is 2.67. The van der Waals surface area contributed by atoms with Gasteiger partial charge in [-0.2, -0.15) is 5.10 Å². The molecule has 1 heterocycles. The third kappa shape index (κ3) is 2.76. The molecule has 0 amide bonds. The Labute approximate surface area is 119 Å². The molecule has 0 aliphatic carbocycles. The van der Waals surface area contributed by atoms with Crippen LogP contribution in [0.4, 0.5) is 0 Å². The van der Waals surface area contributed by atoms with Gasteiger partial charge in [0.05, 0.1) is 16.3 Å². The van der Waals surface area contributed by atoms with E-state index in [0.717, 1.165) is 11.4 Å². The first-order chi connectivity index (χ1) is 9.32. The molecule has 0 aliphatic heterocycles. The Bertz CT molecular complexity index is 685. The molecular formula is C14H19N3O2S. The highest BCUT2D eigenvalue weighted by Crippen LogP contribution is 2.17. The van der Waals surface area contributed by atoms with Gasteiger partial charge < -0.3 is 0 Å². The number of nitrogens with zero attached hydrogens (tertiary/aromatic N) is 3. The van der Waals surface area contributed by atoms with Crippen molar-refractivity contribution < 1.29 is 8.42 Å². The standard InChI is InChI=1S/C14H19N3O2S/c1-11(2)14-9-10-17(15-14)12-5-7-13(8-6-12)20(18,19)16(3)4/h5-11H,1-4H3. The van der Waals surface area contributed by atoms with Crippen LogP contribution in [0.1, 0.15) is 25.5 Å². The van der Waals surface area contributed by atoms with Crippen molar-refractivity contribution in [2.45, 2.75) is 24.7 Å². The second-order valence-corrected chi connectivity index (χ2v) is 7.27. The average Bonchev–Trinajstić information content (AvgIpc) is 2.88. The molecule has 0 atom stereocenters. The number of hydrogen-bond donors (Lipinski definition) is 0. The van der Waals surface area contributed by atoms with Crippen molar-refractivity contribution in [1.29, 1.82) is 0 Å². The predicted molar refractivity (Wildman–Crippen MR) is 78.5 cm³/mol. The third-order valence-corrected chi connectivity index (χ3v) is 4.91. The van der Waals surface area contributed by atoms with Gasteiger partial charge in [-0.15, -0.1) is 0 Å². The number of benzene rings is 1. The number of hydrogen-bond acceptors (Lipinski definition) is 3. The first-order valence-electron chi connectivity index (χ1n) is 6.41. The lowest BCUT2D eigenvalue weighted by atomic mass is 10.1. The lowest BCUT2D eigenvalue weighted by Crippen LogP contribution is -2.22. The highest BCUT2D eigenvalue weighted by molar-refractivity contribution is 7.89. The molecule has 5 nitrogen and oxygen atoms in total. The van der Waals surface area contributed by atoms with E-state index in [0.29, 0.717) is 5.92 Å². The van der Waals surface area contributed by atoms with E-state index in [1.54, 1.807) is 28.9 Å². The molecule has 0 N–H and O–H groups in total. The molecule has 0 radical (unpaired) electrons. The summed E-state index contributed by atoms with van der Waals surface area (Å²) < 4.78 is 26.9. The Kier molecular flexibility index (Phi) is 3.96. The molecule has 0 aliphatic rings. The van der Waals surface area contributed by atoms with Gasteiger partial charge in [0.25, 0.3) is 0 Å². The first kappa shape index (κ1) is 14.7. The van der Waals surface area contributed by atoms with E-state index >= 15 is 0 Å². The molecule has 0 unspecified atom stereocenters. The Morgan fingerprint density at radius 2 is 1.70 bits per heavy atom. The van der Waals surface area contributed by atoms with Gasteiger partial charge in [-0.1, -0.05) is 13.8 Å². The maximum Gasteiger partial charge on any atom is 0.242 e. The van der Waals surface area contributed by atoms with Crippen LogP contribution in [0.5, 0.6) is 0 Å². The molecule has 2 rings (SSSR count). The molecule has 0 saturated heterocycles. The van der Waals surface area contributed by atoms with Gasteiger partial charge in [-0.3, -0.25) is 0 Å². The van der Waals surface area contributed by atoms with Crippen molar-refractivity contribution in [1.82, 2.24) is 14.1 Å². The summed E-state index contributed by atoms with van der Waals surface area (Å²) in [5.74, 6) is 0.365. The van der Waals surface area contributed by atoms with Crippen LogP contribution in [0.15, 0.2) is 41.4 Å². The Morgan fingerprint density at radius 3 is 2.15 bits per heavy atom. The maximum absolute atomic E-state index is 12.0. The Hall–Kier alpha value is -1.66. The summed E-state index contributed by atoms with van der Waals surface area (Å²) in [6.45, 7) is 4.17. The SMILES string of the molecule is CC(C)c1ccn(-c2ccc(S(=O)(=O)N(C)C)cc2)n1. The minimum absolute atomic E-state index is 0.280. The van der Waals surface area contributed by atoms with Gasteiger partial charge in [0.1, 0.15) is 0 Å². The second kappa shape index (κ2) is 5.38. The maximum atomic E-state index is 12.0. The van der Waals surface area contributed by atoms with E-state index in [-0.39, 0.29) is 4.90 Å². The lowest BCUT2D eigenvalue weighted by molar-refractivity contribution is 0.520. The molecule has 1 aromatic carbocycles. The van der Waals surface area contributed by atoms with Crippen LogP contribution >= 0.6 is 0 Å². The Balaban J connectivity index is 2.33. The molecule has 0 fully saturated rings. The van der Waals surface area contributed by atoms with Gasteiger partial charge in [-0.05, 0) is 36.2 Å². The molecule has 2 aromatic rings. The summed E-state index contributed by atoms with van der Waals surface area (Å²) in [5.41, 5.74) is 1.85. The quantitative estimate of drug-likeness (QED) is 0.868. The summed E-state index contributed by atoms with van der Waals surface area (Å²) in [4.78, 5) is 0.280. The summed E-state index contributed by atoms with van der Waals surface area (Å²) in [6, 6.07) is 8.68. The first-order valence-corrected chi connectivity index (χ1v) is 7.85. The van der Waals surface area contributed by atoms with E-state index < -0.39 is 10.0 Å². The zero-order chi connectivity index (χ0) is 14.9. The molecular weight excluding hydrogens is 274 g/mol. The molecule has 6 heteroatoms. The third-order valence-electron chi connectivity index (χ3n) is 3.08. The number of aromatic nitrogens is 2. The van der Waals surface area contributed by atoms with Crippen molar-refractivity contribution in [2.75, 3.05) is 14.1 Å². The van der Waals surface area contributed by atoms with Crippen LogP contribution < -0.4 is 0 Å². The highest BCUT2D eigenvalue weighted by Gasteiger charge is 2.16. The monoisotopic (exact) mass is 293 g/mol. The van der Waals surface area contributed by atoms with Crippen LogP contribution in [0, 0.1) is 0 Å². The molecule has 0 spiro atoms. The second-order valence-electron chi connectivity index (χ2n) is 5.12. The molecule has 0 bridgehead atoms. The van der Waals surface area contributed by atoms with Gasteiger partial charge in [-0.25, -0.2) is 17.4 Å². The molecule has 1 aromatic heterocycles. The van der Waals surface area contributed by atoms with E-state index in [1.807, 2.05) is 12.3 Å². The highest BCUT2D eigenvalue weighted by atomic mass is 32.2. The average molecular weight is 293 g/mol. The predicted octanol–water partition coefficient (Wildman–Crippen LogP) is 2.25. The van der Waals surface area contributed by atoms with Gasteiger partial charge in [0.2, 0.25) is 10.0 Å². The molecule has 108 valence electrons. The van der Waals surface area contributed by atoms with Gasteiger partial charge in [0.15, 0.2) is 0 Å². The van der Waals surface area contributed by atoms with E-state index in [4.69, 9.17) is 0 Å². The zero-order valence-corrected chi connectivity index (χ0v) is 12.9. The summed E-state index contributed by atoms with van der Waals surface area (Å²) in [6.07, 6.45) is 1.88. The van der Waals surface area contributed by atoms with Crippen LogP contribution in [-0.4, -0.2) is 36.6 Å². The summed E-state index contributed by atoms with van der Waals surface area (Å²) in [5, 5.41) is 4.46. The van der Waals surface area contributed by atoms with Crippen LogP contribution in [-0.2, 0) is 10.0 Å². The smallest absolute Gasteiger partial charge is 0.241 e. The number of rotatable bonds is 4. The van der Waals surface area contributed by atoms with Gasteiger partial charge >= 0.3 is 0 Å². The zero-order valence-electron chi connectivity index (χ0n) is 12.1. The molecule has 20 heavy (non-hydrogen) atoms. The molecule has 0 saturated carbocycles. The van der Waals surface area contributed by atoms with Crippen molar-refractivity contribution in [3.8, 4) is 5.69 Å². The number of sulfonamides is 1. The minimum atomic E-state index is -3.38. The van der Waals surface area contributed by atoms with Crippen molar-refractivity contribution in [3.05, 3.63) is 42.2 Å². The van der Waals surface area contributed by atoms with Crippen LogP contribution in [0.25, 0.3) is 5.69 Å². The topological polar surface area (TPSA) is 55.2 Å². The van der Waals surface area contributed by atoms with E-state index in [2.05, 4.69) is 18.9 Å². The Morgan fingerprint density at radius 1 is 1.10 bits per heavy atom. The summed E-state index contributed by atoms with van der Waals surface area (Å²) >= 11 is 0. The summed E-state index contributed by atoms with van der Waals surface area (Å²) in [7, 11) is -0.341. The van der Waals surface area contributed by atoms with Gasteiger partial charge in [0, 0.05) is 20.3 Å². The van der Waals surface area contributed by atoms with Crippen LogP contribution in [0.2, 0.25) is 0 Å².